The van der Waals surface area contributed by atoms with Crippen molar-refractivity contribution in [2.24, 2.45) is 0 Å². The van der Waals surface area contributed by atoms with Crippen LogP contribution in [0.4, 0.5) is 10.1 Å². The first kappa shape index (κ1) is 16.8. The van der Waals surface area contributed by atoms with Gasteiger partial charge in [-0.2, -0.15) is 0 Å². The molecule has 2 aliphatic heterocycles. The first-order valence-corrected chi connectivity index (χ1v) is 8.61. The van der Waals surface area contributed by atoms with Gasteiger partial charge in [0.15, 0.2) is 5.79 Å². The number of hydrogen-bond donors (Lipinski definition) is 1. The van der Waals surface area contributed by atoms with Crippen LogP contribution in [0.15, 0.2) is 22.7 Å². The highest BCUT2D eigenvalue weighted by Crippen LogP contribution is 2.31. The maximum absolute atomic E-state index is 13.7. The van der Waals surface area contributed by atoms with Crippen LogP contribution >= 0.6 is 15.9 Å². The zero-order chi connectivity index (χ0) is 16.3. The minimum Gasteiger partial charge on any atom is -0.347 e. The maximum Gasteiger partial charge on any atom is 0.225 e. The molecule has 126 valence electrons. The van der Waals surface area contributed by atoms with E-state index in [4.69, 9.17) is 9.47 Å². The molecule has 5 nitrogen and oxygen atoms in total. The summed E-state index contributed by atoms with van der Waals surface area (Å²) in [7, 11) is 0. The molecular formula is C16H20BrFN2O3. The number of nitrogens with one attached hydrogen (secondary N) is 1. The average molecular weight is 387 g/mol. The molecule has 0 unspecified atom stereocenters. The second kappa shape index (κ2) is 7.25. The summed E-state index contributed by atoms with van der Waals surface area (Å²) < 4.78 is 25.7. The quantitative estimate of drug-likeness (QED) is 0.864. The summed E-state index contributed by atoms with van der Waals surface area (Å²) in [5.74, 6) is -1.01. The van der Waals surface area contributed by atoms with E-state index in [9.17, 15) is 9.18 Å². The van der Waals surface area contributed by atoms with E-state index >= 15 is 0 Å². The van der Waals surface area contributed by atoms with Crippen LogP contribution in [-0.4, -0.2) is 49.4 Å². The van der Waals surface area contributed by atoms with Gasteiger partial charge >= 0.3 is 0 Å². The van der Waals surface area contributed by atoms with Gasteiger partial charge in [0, 0.05) is 43.4 Å². The standard InChI is InChI=1S/C16H20BrFN2O3/c17-12-1-2-14(13(18)11-12)19-15(21)3-6-20-7-4-16(5-8-20)22-9-10-23-16/h1-2,11H,3-10H2,(H,19,21). The van der Waals surface area contributed by atoms with Crippen LogP contribution < -0.4 is 5.32 Å². The van der Waals surface area contributed by atoms with Crippen molar-refractivity contribution in [3.8, 4) is 0 Å². The van der Waals surface area contributed by atoms with Gasteiger partial charge in [-0.25, -0.2) is 4.39 Å². The van der Waals surface area contributed by atoms with Gasteiger partial charge in [-0.3, -0.25) is 4.79 Å². The van der Waals surface area contributed by atoms with Gasteiger partial charge in [0.2, 0.25) is 5.91 Å². The van der Waals surface area contributed by atoms with Gasteiger partial charge in [0.25, 0.3) is 0 Å². The molecule has 0 atom stereocenters. The zero-order valence-electron chi connectivity index (χ0n) is 12.8. The summed E-state index contributed by atoms with van der Waals surface area (Å²) in [6.07, 6.45) is 2.00. The third kappa shape index (κ3) is 4.29. The van der Waals surface area contributed by atoms with E-state index in [-0.39, 0.29) is 17.4 Å². The van der Waals surface area contributed by atoms with Crippen molar-refractivity contribution in [1.29, 1.82) is 0 Å². The second-order valence-corrected chi connectivity index (χ2v) is 6.79. The molecule has 1 N–H and O–H groups in total. The molecule has 0 saturated carbocycles. The number of benzene rings is 1. The third-order valence-corrected chi connectivity index (χ3v) is 4.78. The lowest BCUT2D eigenvalue weighted by atomic mass is 10.0. The predicted molar refractivity (Wildman–Crippen MR) is 87.7 cm³/mol. The van der Waals surface area contributed by atoms with E-state index in [2.05, 4.69) is 26.1 Å². The van der Waals surface area contributed by atoms with Gasteiger partial charge in [-0.05, 0) is 18.2 Å². The van der Waals surface area contributed by atoms with Gasteiger partial charge in [0.05, 0.1) is 18.9 Å². The van der Waals surface area contributed by atoms with Crippen molar-refractivity contribution < 1.29 is 18.7 Å². The summed E-state index contributed by atoms with van der Waals surface area (Å²) in [5.41, 5.74) is 0.212. The predicted octanol–water partition coefficient (Wildman–Crippen LogP) is 2.76. The van der Waals surface area contributed by atoms with Crippen LogP contribution in [0.5, 0.6) is 0 Å². The van der Waals surface area contributed by atoms with Crippen LogP contribution in [0.25, 0.3) is 0 Å². The molecule has 0 bridgehead atoms. The minimum absolute atomic E-state index is 0.181. The summed E-state index contributed by atoms with van der Waals surface area (Å²) in [5, 5.41) is 2.61. The van der Waals surface area contributed by atoms with Crippen LogP contribution in [0.2, 0.25) is 0 Å². The lowest BCUT2D eigenvalue weighted by molar-refractivity contribution is -0.185. The fourth-order valence-corrected chi connectivity index (χ4v) is 3.30. The Morgan fingerprint density at radius 3 is 2.65 bits per heavy atom. The lowest BCUT2D eigenvalue weighted by Gasteiger charge is -2.37. The summed E-state index contributed by atoms with van der Waals surface area (Å²) in [6.45, 7) is 3.68. The Balaban J connectivity index is 1.43. The number of rotatable bonds is 4. The maximum atomic E-state index is 13.7. The lowest BCUT2D eigenvalue weighted by Crippen LogP contribution is -2.45. The second-order valence-electron chi connectivity index (χ2n) is 5.87. The first-order chi connectivity index (χ1) is 11.1. The van der Waals surface area contributed by atoms with Gasteiger partial charge in [0.1, 0.15) is 5.82 Å². The minimum atomic E-state index is -0.442. The fourth-order valence-electron chi connectivity index (χ4n) is 2.97. The van der Waals surface area contributed by atoms with Crippen LogP contribution in [-0.2, 0) is 14.3 Å². The number of piperidine rings is 1. The van der Waals surface area contributed by atoms with E-state index in [1.54, 1.807) is 12.1 Å². The number of halogens is 2. The molecule has 0 aromatic heterocycles. The smallest absolute Gasteiger partial charge is 0.225 e. The van der Waals surface area contributed by atoms with Crippen LogP contribution in [0, 0.1) is 5.82 Å². The Bertz CT molecular complexity index is 568. The highest BCUT2D eigenvalue weighted by atomic mass is 79.9. The zero-order valence-corrected chi connectivity index (χ0v) is 14.4. The molecule has 0 aliphatic carbocycles. The number of likely N-dealkylation sites (tertiary alicyclic amines) is 1. The summed E-state index contributed by atoms with van der Waals surface area (Å²) in [4.78, 5) is 14.2. The molecular weight excluding hydrogens is 367 g/mol. The average Bonchev–Trinajstić information content (AvgIpc) is 2.98. The van der Waals surface area contributed by atoms with Crippen molar-refractivity contribution >= 4 is 27.5 Å². The Hall–Kier alpha value is -1.02. The highest BCUT2D eigenvalue weighted by Gasteiger charge is 2.39. The Kier molecular flexibility index (Phi) is 5.31. The molecule has 1 spiro atoms. The number of carbonyl (C=O) groups excluding carboxylic acids is 1. The van der Waals surface area contributed by atoms with Gasteiger partial charge in [-0.1, -0.05) is 15.9 Å². The van der Waals surface area contributed by atoms with Crippen molar-refractivity contribution in [1.82, 2.24) is 4.90 Å². The molecule has 2 aliphatic rings. The summed E-state index contributed by atoms with van der Waals surface area (Å²) in [6, 6.07) is 4.59. The van der Waals surface area contributed by atoms with Crippen molar-refractivity contribution in [3.05, 3.63) is 28.5 Å². The molecule has 1 aromatic rings. The highest BCUT2D eigenvalue weighted by molar-refractivity contribution is 9.10. The van der Waals surface area contributed by atoms with Crippen LogP contribution in [0.1, 0.15) is 19.3 Å². The Labute approximate surface area is 143 Å². The van der Waals surface area contributed by atoms with Gasteiger partial charge in [-0.15, -0.1) is 0 Å². The molecule has 0 radical (unpaired) electrons. The van der Waals surface area contributed by atoms with Crippen molar-refractivity contribution in [2.45, 2.75) is 25.0 Å². The van der Waals surface area contributed by atoms with E-state index in [1.807, 2.05) is 0 Å². The van der Waals surface area contributed by atoms with E-state index < -0.39 is 5.82 Å². The number of anilines is 1. The first-order valence-electron chi connectivity index (χ1n) is 7.82. The molecule has 2 saturated heterocycles. The molecule has 2 fully saturated rings. The third-order valence-electron chi connectivity index (χ3n) is 4.29. The Morgan fingerprint density at radius 2 is 2.00 bits per heavy atom. The number of amides is 1. The number of ether oxygens (including phenoxy) is 2. The van der Waals surface area contributed by atoms with E-state index in [0.717, 1.165) is 25.9 Å². The fraction of sp³-hybridized carbons (Fsp3) is 0.562. The van der Waals surface area contributed by atoms with Crippen molar-refractivity contribution in [2.75, 3.05) is 38.2 Å². The molecule has 7 heteroatoms. The number of carbonyl (C=O) groups is 1. The normalized spacial score (nSPS) is 20.8. The van der Waals surface area contributed by atoms with E-state index in [1.165, 1.54) is 6.07 Å². The molecule has 1 aromatic carbocycles. The molecule has 1 amide bonds. The van der Waals surface area contributed by atoms with Crippen molar-refractivity contribution in [3.63, 3.8) is 0 Å². The topological polar surface area (TPSA) is 50.8 Å². The van der Waals surface area contributed by atoms with E-state index in [0.29, 0.717) is 30.7 Å². The van der Waals surface area contributed by atoms with Crippen LogP contribution in [0.3, 0.4) is 0 Å². The molecule has 2 heterocycles. The monoisotopic (exact) mass is 386 g/mol. The summed E-state index contributed by atoms with van der Waals surface area (Å²) >= 11 is 3.19. The number of nitrogens with zero attached hydrogens (tertiary/aromatic N) is 1. The largest absolute Gasteiger partial charge is 0.347 e. The van der Waals surface area contributed by atoms with Gasteiger partial charge < -0.3 is 19.7 Å². The Morgan fingerprint density at radius 1 is 1.30 bits per heavy atom. The molecule has 23 heavy (non-hydrogen) atoms. The number of hydrogen-bond acceptors (Lipinski definition) is 4. The SMILES string of the molecule is O=C(CCN1CCC2(CC1)OCCO2)Nc1ccc(Br)cc1F. The molecule has 3 rings (SSSR count).